The Kier molecular flexibility index (Phi) is 3.02. The summed E-state index contributed by atoms with van der Waals surface area (Å²) in [5.41, 5.74) is 1.11. The summed E-state index contributed by atoms with van der Waals surface area (Å²) in [4.78, 5) is 0. The van der Waals surface area contributed by atoms with Crippen LogP contribution in [0.1, 0.15) is 38.3 Å². The normalized spacial score (nSPS) is 12.9. The maximum absolute atomic E-state index is 4.05. The fourth-order valence-corrected chi connectivity index (χ4v) is 1.16. The highest BCUT2D eigenvalue weighted by Gasteiger charge is 2.03. The van der Waals surface area contributed by atoms with E-state index in [4.69, 9.17) is 0 Å². The van der Waals surface area contributed by atoms with Crippen molar-refractivity contribution in [2.45, 2.75) is 32.6 Å². The SMILES string of the molecule is CCCC(C)c1cccnn1. The second-order valence-corrected chi connectivity index (χ2v) is 2.84. The van der Waals surface area contributed by atoms with Crippen molar-refractivity contribution in [3.63, 3.8) is 0 Å². The van der Waals surface area contributed by atoms with Gasteiger partial charge in [-0.1, -0.05) is 20.3 Å². The lowest BCUT2D eigenvalue weighted by Gasteiger charge is -2.06. The van der Waals surface area contributed by atoms with Gasteiger partial charge in [-0.15, -0.1) is 0 Å². The first-order valence-corrected chi connectivity index (χ1v) is 4.12. The van der Waals surface area contributed by atoms with Crippen LogP contribution in [0.3, 0.4) is 0 Å². The minimum atomic E-state index is 0.550. The topological polar surface area (TPSA) is 25.8 Å². The maximum atomic E-state index is 4.05. The molecule has 1 unspecified atom stereocenters. The number of aromatic nitrogens is 2. The molecule has 0 fully saturated rings. The lowest BCUT2D eigenvalue weighted by Crippen LogP contribution is -1.97. The summed E-state index contributed by atoms with van der Waals surface area (Å²) in [6.07, 6.45) is 4.11. The average molecular weight is 150 g/mol. The van der Waals surface area contributed by atoms with Gasteiger partial charge in [-0.3, -0.25) is 0 Å². The average Bonchev–Trinajstić information content (AvgIpc) is 2.07. The zero-order valence-electron chi connectivity index (χ0n) is 7.12. The molecule has 2 nitrogen and oxygen atoms in total. The second kappa shape index (κ2) is 4.06. The van der Waals surface area contributed by atoms with Gasteiger partial charge in [0.05, 0.1) is 5.69 Å². The fraction of sp³-hybridized carbons (Fsp3) is 0.556. The molecule has 0 aliphatic heterocycles. The quantitative estimate of drug-likeness (QED) is 0.661. The summed E-state index contributed by atoms with van der Waals surface area (Å²) < 4.78 is 0. The van der Waals surface area contributed by atoms with Gasteiger partial charge < -0.3 is 0 Å². The van der Waals surface area contributed by atoms with E-state index in [1.807, 2.05) is 12.1 Å². The van der Waals surface area contributed by atoms with Crippen LogP contribution in [0.2, 0.25) is 0 Å². The molecule has 1 aromatic heterocycles. The van der Waals surface area contributed by atoms with Gasteiger partial charge in [0.1, 0.15) is 0 Å². The van der Waals surface area contributed by atoms with Crippen LogP contribution in [-0.4, -0.2) is 10.2 Å². The number of nitrogens with zero attached hydrogens (tertiary/aromatic N) is 2. The Morgan fingerprint density at radius 1 is 1.55 bits per heavy atom. The summed E-state index contributed by atoms with van der Waals surface area (Å²) >= 11 is 0. The molecule has 0 spiro atoms. The first kappa shape index (κ1) is 8.18. The summed E-state index contributed by atoms with van der Waals surface area (Å²) in [7, 11) is 0. The van der Waals surface area contributed by atoms with E-state index >= 15 is 0 Å². The molecule has 2 heteroatoms. The fourth-order valence-electron chi connectivity index (χ4n) is 1.16. The highest BCUT2D eigenvalue weighted by Crippen LogP contribution is 2.16. The summed E-state index contributed by atoms with van der Waals surface area (Å²) in [6.45, 7) is 4.38. The molecule has 1 rings (SSSR count). The van der Waals surface area contributed by atoms with Crippen LogP contribution in [0, 0.1) is 0 Å². The van der Waals surface area contributed by atoms with Crippen LogP contribution < -0.4 is 0 Å². The molecule has 0 aliphatic rings. The minimum absolute atomic E-state index is 0.550. The molecule has 0 aliphatic carbocycles. The van der Waals surface area contributed by atoms with E-state index in [1.165, 1.54) is 12.8 Å². The van der Waals surface area contributed by atoms with Crippen LogP contribution in [0.4, 0.5) is 0 Å². The molecule has 1 aromatic rings. The van der Waals surface area contributed by atoms with E-state index in [0.717, 1.165) is 5.69 Å². The third-order valence-corrected chi connectivity index (χ3v) is 1.82. The van der Waals surface area contributed by atoms with E-state index in [1.54, 1.807) is 6.20 Å². The Morgan fingerprint density at radius 2 is 2.36 bits per heavy atom. The van der Waals surface area contributed by atoms with Gasteiger partial charge in [0.25, 0.3) is 0 Å². The lowest BCUT2D eigenvalue weighted by molar-refractivity contribution is 0.637. The second-order valence-electron chi connectivity index (χ2n) is 2.84. The van der Waals surface area contributed by atoms with Crippen molar-refractivity contribution in [1.29, 1.82) is 0 Å². The molecule has 1 atom stereocenters. The van der Waals surface area contributed by atoms with E-state index in [-0.39, 0.29) is 0 Å². The van der Waals surface area contributed by atoms with Gasteiger partial charge in [-0.2, -0.15) is 10.2 Å². The molecule has 60 valence electrons. The molecule has 0 bridgehead atoms. The third-order valence-electron chi connectivity index (χ3n) is 1.82. The Hall–Kier alpha value is -0.920. The van der Waals surface area contributed by atoms with Gasteiger partial charge in [0, 0.05) is 12.1 Å². The standard InChI is InChI=1S/C9H14N2/c1-3-5-8(2)9-6-4-7-10-11-9/h4,6-8H,3,5H2,1-2H3. The first-order chi connectivity index (χ1) is 5.34. The molecule has 0 N–H and O–H groups in total. The first-order valence-electron chi connectivity index (χ1n) is 4.12. The zero-order valence-corrected chi connectivity index (χ0v) is 7.12. The zero-order chi connectivity index (χ0) is 8.10. The highest BCUT2D eigenvalue weighted by molar-refractivity contribution is 5.04. The predicted octanol–water partition coefficient (Wildman–Crippen LogP) is 2.38. The van der Waals surface area contributed by atoms with Crippen molar-refractivity contribution in [2.75, 3.05) is 0 Å². The Morgan fingerprint density at radius 3 is 2.91 bits per heavy atom. The summed E-state index contributed by atoms with van der Waals surface area (Å²) in [5, 5.41) is 7.89. The van der Waals surface area contributed by atoms with Crippen LogP contribution in [0.5, 0.6) is 0 Å². The summed E-state index contributed by atoms with van der Waals surface area (Å²) in [6, 6.07) is 3.97. The predicted molar refractivity (Wildman–Crippen MR) is 45.4 cm³/mol. The lowest BCUT2D eigenvalue weighted by atomic mass is 10.0. The van der Waals surface area contributed by atoms with Crippen molar-refractivity contribution in [2.24, 2.45) is 0 Å². The van der Waals surface area contributed by atoms with Crippen LogP contribution >= 0.6 is 0 Å². The molecule has 1 heterocycles. The molecule has 0 aromatic carbocycles. The number of rotatable bonds is 3. The monoisotopic (exact) mass is 150 g/mol. The third kappa shape index (κ3) is 2.30. The van der Waals surface area contributed by atoms with Crippen LogP contribution in [-0.2, 0) is 0 Å². The van der Waals surface area contributed by atoms with Gasteiger partial charge in [0.2, 0.25) is 0 Å². The minimum Gasteiger partial charge on any atom is -0.159 e. The molecule has 0 saturated heterocycles. The van der Waals surface area contributed by atoms with Gasteiger partial charge in [-0.25, -0.2) is 0 Å². The molecule has 11 heavy (non-hydrogen) atoms. The molecule has 0 saturated carbocycles. The highest BCUT2D eigenvalue weighted by atomic mass is 15.1. The molecular weight excluding hydrogens is 136 g/mol. The van der Waals surface area contributed by atoms with E-state index in [2.05, 4.69) is 24.0 Å². The largest absolute Gasteiger partial charge is 0.159 e. The maximum Gasteiger partial charge on any atom is 0.0659 e. The smallest absolute Gasteiger partial charge is 0.0659 e. The number of hydrogen-bond donors (Lipinski definition) is 0. The Labute approximate surface area is 67.7 Å². The van der Waals surface area contributed by atoms with Gasteiger partial charge in [0.15, 0.2) is 0 Å². The Bertz CT molecular complexity index is 196. The molecular formula is C9H14N2. The van der Waals surface area contributed by atoms with Crippen molar-refractivity contribution >= 4 is 0 Å². The van der Waals surface area contributed by atoms with Gasteiger partial charge in [-0.05, 0) is 18.6 Å². The molecule has 0 amide bonds. The van der Waals surface area contributed by atoms with Crippen LogP contribution in [0.25, 0.3) is 0 Å². The van der Waals surface area contributed by atoms with Gasteiger partial charge >= 0.3 is 0 Å². The number of hydrogen-bond acceptors (Lipinski definition) is 2. The van der Waals surface area contributed by atoms with Crippen molar-refractivity contribution in [3.8, 4) is 0 Å². The molecule has 0 radical (unpaired) electrons. The summed E-state index contributed by atoms with van der Waals surface area (Å²) in [5.74, 6) is 0.550. The van der Waals surface area contributed by atoms with Crippen molar-refractivity contribution < 1.29 is 0 Å². The van der Waals surface area contributed by atoms with E-state index in [9.17, 15) is 0 Å². The Balaban J connectivity index is 2.61. The van der Waals surface area contributed by atoms with Crippen LogP contribution in [0.15, 0.2) is 18.3 Å². The van der Waals surface area contributed by atoms with E-state index < -0.39 is 0 Å². The van der Waals surface area contributed by atoms with Crippen molar-refractivity contribution in [3.05, 3.63) is 24.0 Å². The van der Waals surface area contributed by atoms with E-state index in [0.29, 0.717) is 5.92 Å². The van der Waals surface area contributed by atoms with Crippen molar-refractivity contribution in [1.82, 2.24) is 10.2 Å².